The second-order valence-electron chi connectivity index (χ2n) is 10.2. The number of hydrogen-bond acceptors (Lipinski definition) is 6. The molecule has 0 saturated heterocycles. The fourth-order valence-electron chi connectivity index (χ4n) is 4.21. The Hall–Kier alpha value is -4.99. The molecule has 0 spiro atoms. The first-order valence-electron chi connectivity index (χ1n) is 12.7. The molecule has 1 atom stereocenters. The highest BCUT2D eigenvalue weighted by atomic mass is 16.6. The minimum Gasteiger partial charge on any atom is -0.444 e. The molecular weight excluding hydrogens is 512 g/mol. The summed E-state index contributed by atoms with van der Waals surface area (Å²) in [6.07, 6.45) is -0.652. The van der Waals surface area contributed by atoms with Gasteiger partial charge in [-0.05, 0) is 50.6 Å². The third kappa shape index (κ3) is 6.71. The Morgan fingerprint density at radius 2 is 1.30 bits per heavy atom. The van der Waals surface area contributed by atoms with Crippen LogP contribution in [0.1, 0.15) is 47.1 Å². The molecule has 3 N–H and O–H groups in total. The molecule has 0 fully saturated rings. The standard InChI is InChI=1S/C30H30N4O6/c1-30(2,3)40-29(39)31-18-25(35)32-22-15-9-10-16-23(22)33-26(36)24(17-19-11-5-4-6-12-19)34-27(37)20-13-7-8-14-21(20)28(34)38/h4-16,24H,17-18H2,1-3H3,(H,31,39)(H,32,35)(H,33,36). The molecule has 1 heterocycles. The van der Waals surface area contributed by atoms with Crippen molar-refractivity contribution in [2.45, 2.75) is 38.8 Å². The molecule has 0 bridgehead atoms. The van der Waals surface area contributed by atoms with E-state index in [2.05, 4.69) is 16.0 Å². The van der Waals surface area contributed by atoms with E-state index >= 15 is 0 Å². The largest absolute Gasteiger partial charge is 0.444 e. The Morgan fingerprint density at radius 1 is 0.775 bits per heavy atom. The fourth-order valence-corrected chi connectivity index (χ4v) is 4.21. The Morgan fingerprint density at radius 3 is 1.88 bits per heavy atom. The van der Waals surface area contributed by atoms with Gasteiger partial charge in [0.15, 0.2) is 0 Å². The van der Waals surface area contributed by atoms with Gasteiger partial charge in [-0.3, -0.25) is 24.1 Å². The number of nitrogens with zero attached hydrogens (tertiary/aromatic N) is 1. The summed E-state index contributed by atoms with van der Waals surface area (Å²) >= 11 is 0. The van der Waals surface area contributed by atoms with E-state index in [1.54, 1.807) is 69.3 Å². The van der Waals surface area contributed by atoms with Crippen LogP contribution in [0.15, 0.2) is 78.9 Å². The number of carbonyl (C=O) groups is 5. The highest BCUT2D eigenvalue weighted by Gasteiger charge is 2.42. The molecule has 0 saturated carbocycles. The number of para-hydroxylation sites is 2. The summed E-state index contributed by atoms with van der Waals surface area (Å²) in [6, 6.07) is 20.8. The van der Waals surface area contributed by atoms with Gasteiger partial charge in [0.05, 0.1) is 22.5 Å². The van der Waals surface area contributed by atoms with Crippen LogP contribution >= 0.6 is 0 Å². The molecule has 3 aromatic rings. The number of ether oxygens (including phenoxy) is 1. The van der Waals surface area contributed by atoms with Gasteiger partial charge in [0.25, 0.3) is 11.8 Å². The monoisotopic (exact) mass is 542 g/mol. The van der Waals surface area contributed by atoms with Crippen molar-refractivity contribution in [1.29, 1.82) is 0 Å². The predicted molar refractivity (Wildman–Crippen MR) is 149 cm³/mol. The van der Waals surface area contributed by atoms with E-state index in [-0.39, 0.29) is 35.5 Å². The minimum absolute atomic E-state index is 0.0898. The third-order valence-electron chi connectivity index (χ3n) is 5.96. The lowest BCUT2D eigenvalue weighted by atomic mass is 10.0. The van der Waals surface area contributed by atoms with E-state index in [4.69, 9.17) is 4.74 Å². The van der Waals surface area contributed by atoms with Crippen molar-refractivity contribution in [1.82, 2.24) is 10.2 Å². The number of anilines is 2. The van der Waals surface area contributed by atoms with E-state index in [0.717, 1.165) is 10.5 Å². The third-order valence-corrected chi connectivity index (χ3v) is 5.96. The Balaban J connectivity index is 1.52. The maximum absolute atomic E-state index is 13.7. The van der Waals surface area contributed by atoms with Gasteiger partial charge in [-0.1, -0.05) is 54.6 Å². The smallest absolute Gasteiger partial charge is 0.408 e. The summed E-state index contributed by atoms with van der Waals surface area (Å²) in [5.74, 6) is -2.25. The topological polar surface area (TPSA) is 134 Å². The Kier molecular flexibility index (Phi) is 8.28. The van der Waals surface area contributed by atoms with Gasteiger partial charge in [-0.15, -0.1) is 0 Å². The van der Waals surface area contributed by atoms with Gasteiger partial charge in [0.1, 0.15) is 18.2 Å². The molecule has 0 aromatic heterocycles. The van der Waals surface area contributed by atoms with Crippen molar-refractivity contribution in [3.05, 3.63) is 95.6 Å². The van der Waals surface area contributed by atoms with Crippen LogP contribution in [0.25, 0.3) is 0 Å². The zero-order valence-corrected chi connectivity index (χ0v) is 22.4. The van der Waals surface area contributed by atoms with E-state index in [0.29, 0.717) is 0 Å². The average Bonchev–Trinajstić information content (AvgIpc) is 3.16. The molecule has 206 valence electrons. The van der Waals surface area contributed by atoms with Crippen LogP contribution in [-0.2, 0) is 20.7 Å². The van der Waals surface area contributed by atoms with Crippen LogP contribution < -0.4 is 16.0 Å². The maximum Gasteiger partial charge on any atom is 0.408 e. The SMILES string of the molecule is CC(C)(C)OC(=O)NCC(=O)Nc1ccccc1NC(=O)C(Cc1ccccc1)N1C(=O)c2ccccc2C1=O. The number of alkyl carbamates (subject to hydrolysis) is 1. The van der Waals surface area contributed by atoms with E-state index in [1.165, 1.54) is 0 Å². The molecule has 1 aliphatic rings. The molecule has 0 radical (unpaired) electrons. The normalized spacial score (nSPS) is 13.3. The molecule has 0 aliphatic carbocycles. The van der Waals surface area contributed by atoms with Crippen LogP contribution in [0.5, 0.6) is 0 Å². The van der Waals surface area contributed by atoms with Gasteiger partial charge in [-0.25, -0.2) is 4.79 Å². The van der Waals surface area contributed by atoms with Gasteiger partial charge in [0, 0.05) is 6.42 Å². The highest BCUT2D eigenvalue weighted by molar-refractivity contribution is 6.23. The molecular formula is C30H30N4O6. The first-order valence-corrected chi connectivity index (χ1v) is 12.7. The van der Waals surface area contributed by atoms with Crippen LogP contribution in [-0.4, -0.2) is 52.8 Å². The maximum atomic E-state index is 13.7. The Bertz CT molecular complexity index is 1410. The van der Waals surface area contributed by atoms with E-state index < -0.39 is 41.4 Å². The van der Waals surface area contributed by atoms with Gasteiger partial charge in [-0.2, -0.15) is 0 Å². The van der Waals surface area contributed by atoms with Gasteiger partial charge < -0.3 is 20.7 Å². The summed E-state index contributed by atoms with van der Waals surface area (Å²) in [7, 11) is 0. The van der Waals surface area contributed by atoms with Crippen molar-refractivity contribution < 1.29 is 28.7 Å². The Labute approximate surface area is 231 Å². The summed E-state index contributed by atoms with van der Waals surface area (Å²) in [5, 5.41) is 7.80. The minimum atomic E-state index is -1.16. The number of hydrogen-bond donors (Lipinski definition) is 3. The number of benzene rings is 3. The lowest BCUT2D eigenvalue weighted by molar-refractivity contribution is -0.120. The molecule has 1 unspecified atom stereocenters. The van der Waals surface area contributed by atoms with Crippen molar-refractivity contribution in [3.8, 4) is 0 Å². The molecule has 4 rings (SSSR count). The number of carbonyl (C=O) groups excluding carboxylic acids is 5. The summed E-state index contributed by atoms with van der Waals surface area (Å²) in [4.78, 5) is 65.6. The van der Waals surface area contributed by atoms with E-state index in [1.807, 2.05) is 30.3 Å². The number of imide groups is 1. The van der Waals surface area contributed by atoms with Crippen LogP contribution in [0.4, 0.5) is 16.2 Å². The summed E-state index contributed by atoms with van der Waals surface area (Å²) in [5.41, 5.74) is 1.05. The lowest BCUT2D eigenvalue weighted by Crippen LogP contribution is -2.48. The predicted octanol–water partition coefficient (Wildman–Crippen LogP) is 4.00. The molecule has 3 aromatic carbocycles. The van der Waals surface area contributed by atoms with Crippen LogP contribution in [0.2, 0.25) is 0 Å². The molecule has 10 heteroatoms. The first kappa shape index (κ1) is 28.0. The number of rotatable bonds is 8. The van der Waals surface area contributed by atoms with Gasteiger partial charge in [0.2, 0.25) is 11.8 Å². The molecule has 40 heavy (non-hydrogen) atoms. The first-order chi connectivity index (χ1) is 19.0. The van der Waals surface area contributed by atoms with Crippen molar-refractivity contribution in [2.75, 3.05) is 17.2 Å². The quantitative estimate of drug-likeness (QED) is 0.369. The molecule has 10 nitrogen and oxygen atoms in total. The second kappa shape index (κ2) is 11.8. The zero-order valence-electron chi connectivity index (χ0n) is 22.4. The number of amides is 5. The molecule has 1 aliphatic heterocycles. The zero-order chi connectivity index (χ0) is 28.9. The van der Waals surface area contributed by atoms with E-state index in [9.17, 15) is 24.0 Å². The number of nitrogens with one attached hydrogen (secondary N) is 3. The van der Waals surface area contributed by atoms with Crippen molar-refractivity contribution in [2.24, 2.45) is 0 Å². The van der Waals surface area contributed by atoms with Crippen molar-refractivity contribution in [3.63, 3.8) is 0 Å². The highest BCUT2D eigenvalue weighted by Crippen LogP contribution is 2.28. The van der Waals surface area contributed by atoms with Gasteiger partial charge >= 0.3 is 6.09 Å². The average molecular weight is 543 g/mol. The fraction of sp³-hybridized carbons (Fsp3) is 0.233. The second-order valence-corrected chi connectivity index (χ2v) is 10.2. The molecule has 5 amide bonds. The van der Waals surface area contributed by atoms with Crippen LogP contribution in [0, 0.1) is 0 Å². The van der Waals surface area contributed by atoms with Crippen molar-refractivity contribution >= 4 is 41.1 Å². The lowest BCUT2D eigenvalue weighted by Gasteiger charge is -2.26. The van der Waals surface area contributed by atoms with Crippen LogP contribution in [0.3, 0.4) is 0 Å². The number of fused-ring (bicyclic) bond motifs is 1. The summed E-state index contributed by atoms with van der Waals surface area (Å²) < 4.78 is 5.13. The summed E-state index contributed by atoms with van der Waals surface area (Å²) in [6.45, 7) is 4.76.